The van der Waals surface area contributed by atoms with Gasteiger partial charge >= 0.3 is 0 Å². The molecule has 1 nitrogen and oxygen atoms in total. The van der Waals surface area contributed by atoms with Crippen molar-refractivity contribution in [3.05, 3.63) is 24.6 Å². The predicted molar refractivity (Wildman–Crippen MR) is 46.6 cm³/mol. The minimum Gasteiger partial charge on any atom is -0.364 e. The normalized spacial score (nSPS) is 9.00. The lowest BCUT2D eigenvalue weighted by Crippen LogP contribution is -2.07. The van der Waals surface area contributed by atoms with Crippen LogP contribution in [0.15, 0.2) is 24.6 Å². The molecule has 58 valence electrons. The van der Waals surface area contributed by atoms with E-state index >= 15 is 0 Å². The molecule has 0 amide bonds. The first kappa shape index (κ1) is 9.28. The zero-order chi connectivity index (χ0) is 7.98. The average Bonchev–Trinajstić information content (AvgIpc) is 1.82. The molecule has 0 rings (SSSR count). The summed E-state index contributed by atoms with van der Waals surface area (Å²) in [5, 5.41) is 3.09. The maximum atomic E-state index is 3.86. The highest BCUT2D eigenvalue weighted by molar-refractivity contribution is 5.01. The molecule has 0 saturated carbocycles. The molecule has 0 aliphatic heterocycles. The van der Waals surface area contributed by atoms with Gasteiger partial charge in [-0.1, -0.05) is 26.5 Å². The van der Waals surface area contributed by atoms with Gasteiger partial charge < -0.3 is 5.32 Å². The molecule has 0 atom stereocenters. The summed E-state index contributed by atoms with van der Waals surface area (Å²) in [5.41, 5.74) is 2.05. The van der Waals surface area contributed by atoms with E-state index in [0.29, 0.717) is 0 Å². The molecule has 0 bridgehead atoms. The molecule has 0 aromatic rings. The largest absolute Gasteiger partial charge is 0.364 e. The van der Waals surface area contributed by atoms with Gasteiger partial charge in [-0.15, -0.1) is 0 Å². The number of rotatable bonds is 5. The van der Waals surface area contributed by atoms with Gasteiger partial charge in [0.15, 0.2) is 0 Å². The van der Waals surface area contributed by atoms with Crippen LogP contribution in [-0.4, -0.2) is 0 Å². The second kappa shape index (κ2) is 5.10. The van der Waals surface area contributed by atoms with Crippen LogP contribution in [0, 0.1) is 0 Å². The summed E-state index contributed by atoms with van der Waals surface area (Å²) in [6.45, 7) is 11.7. The number of hydrogen-bond acceptors (Lipinski definition) is 1. The molecule has 0 radical (unpaired) electrons. The standard InChI is InChI=1S/C9H17N/c1-5-6-7-9(4)10-8(2)3/h10H,2,4-7H2,1,3H3. The van der Waals surface area contributed by atoms with E-state index in [2.05, 4.69) is 25.4 Å². The predicted octanol–water partition coefficient (Wildman–Crippen LogP) is 2.81. The molecule has 0 saturated heterocycles. The van der Waals surface area contributed by atoms with E-state index in [1.54, 1.807) is 0 Å². The molecule has 0 aromatic carbocycles. The second-order valence-corrected chi connectivity index (χ2v) is 2.61. The Morgan fingerprint density at radius 3 is 2.40 bits per heavy atom. The van der Waals surface area contributed by atoms with Crippen LogP contribution >= 0.6 is 0 Å². The molecule has 0 aromatic heterocycles. The Bertz CT molecular complexity index is 125. The number of allylic oxidation sites excluding steroid dienone is 2. The fourth-order valence-corrected chi connectivity index (χ4v) is 0.754. The van der Waals surface area contributed by atoms with Gasteiger partial charge in [0.1, 0.15) is 0 Å². The lowest BCUT2D eigenvalue weighted by atomic mass is 10.2. The minimum absolute atomic E-state index is 0.973. The Morgan fingerprint density at radius 1 is 1.40 bits per heavy atom. The van der Waals surface area contributed by atoms with Crippen LogP contribution in [0.3, 0.4) is 0 Å². The summed E-state index contributed by atoms with van der Waals surface area (Å²) in [7, 11) is 0. The van der Waals surface area contributed by atoms with Crippen molar-refractivity contribution in [2.24, 2.45) is 0 Å². The van der Waals surface area contributed by atoms with Crippen molar-refractivity contribution in [2.45, 2.75) is 33.1 Å². The minimum atomic E-state index is 0.973. The molecule has 1 heteroatoms. The Morgan fingerprint density at radius 2 is 2.00 bits per heavy atom. The maximum Gasteiger partial charge on any atom is 0.00754 e. The molecule has 10 heavy (non-hydrogen) atoms. The maximum absolute atomic E-state index is 3.86. The van der Waals surface area contributed by atoms with Crippen LogP contribution in [0.4, 0.5) is 0 Å². The van der Waals surface area contributed by atoms with Crippen LogP contribution in [0.2, 0.25) is 0 Å². The summed E-state index contributed by atoms with van der Waals surface area (Å²) in [4.78, 5) is 0. The lowest BCUT2D eigenvalue weighted by molar-refractivity contribution is 0.748. The van der Waals surface area contributed by atoms with Gasteiger partial charge in [0, 0.05) is 11.4 Å². The zero-order valence-electron chi connectivity index (χ0n) is 7.04. The smallest absolute Gasteiger partial charge is 0.00754 e. The number of hydrogen-bond donors (Lipinski definition) is 1. The van der Waals surface area contributed by atoms with Gasteiger partial charge in [-0.3, -0.25) is 0 Å². The Kier molecular flexibility index (Phi) is 4.73. The van der Waals surface area contributed by atoms with Crippen molar-refractivity contribution in [1.82, 2.24) is 5.32 Å². The van der Waals surface area contributed by atoms with Crippen LogP contribution in [0.1, 0.15) is 33.1 Å². The molecule has 0 unspecified atom stereocenters. The van der Waals surface area contributed by atoms with Crippen molar-refractivity contribution >= 4 is 0 Å². The van der Waals surface area contributed by atoms with Gasteiger partial charge in [0.25, 0.3) is 0 Å². The van der Waals surface area contributed by atoms with E-state index in [1.807, 2.05) is 6.92 Å². The van der Waals surface area contributed by atoms with Crippen molar-refractivity contribution < 1.29 is 0 Å². The Balaban J connectivity index is 3.35. The van der Waals surface area contributed by atoms with Gasteiger partial charge in [0.05, 0.1) is 0 Å². The van der Waals surface area contributed by atoms with Crippen molar-refractivity contribution in [2.75, 3.05) is 0 Å². The highest BCUT2D eigenvalue weighted by atomic mass is 14.9. The van der Waals surface area contributed by atoms with Crippen LogP contribution in [0.5, 0.6) is 0 Å². The lowest BCUT2D eigenvalue weighted by Gasteiger charge is -2.06. The zero-order valence-corrected chi connectivity index (χ0v) is 7.04. The van der Waals surface area contributed by atoms with Crippen LogP contribution in [0.25, 0.3) is 0 Å². The Labute approximate surface area is 63.8 Å². The topological polar surface area (TPSA) is 12.0 Å². The van der Waals surface area contributed by atoms with Gasteiger partial charge in [-0.2, -0.15) is 0 Å². The van der Waals surface area contributed by atoms with Crippen molar-refractivity contribution in [3.63, 3.8) is 0 Å². The summed E-state index contributed by atoms with van der Waals surface area (Å²) < 4.78 is 0. The third-order valence-corrected chi connectivity index (χ3v) is 1.22. The number of unbranched alkanes of at least 4 members (excludes halogenated alkanes) is 1. The molecule has 0 aliphatic rings. The first-order valence-corrected chi connectivity index (χ1v) is 3.77. The van der Waals surface area contributed by atoms with Gasteiger partial charge in [0.2, 0.25) is 0 Å². The Hall–Kier alpha value is -0.720. The van der Waals surface area contributed by atoms with Crippen LogP contribution < -0.4 is 5.32 Å². The van der Waals surface area contributed by atoms with E-state index < -0.39 is 0 Å². The fraction of sp³-hybridized carbons (Fsp3) is 0.556. The molecule has 0 aliphatic carbocycles. The molecular formula is C9H17N. The van der Waals surface area contributed by atoms with Crippen molar-refractivity contribution in [3.8, 4) is 0 Å². The summed E-state index contributed by atoms with van der Waals surface area (Å²) in [5.74, 6) is 0. The number of nitrogens with one attached hydrogen (secondary N) is 1. The van der Waals surface area contributed by atoms with Crippen molar-refractivity contribution in [1.29, 1.82) is 0 Å². The summed E-state index contributed by atoms with van der Waals surface area (Å²) in [6, 6.07) is 0. The van der Waals surface area contributed by atoms with E-state index in [-0.39, 0.29) is 0 Å². The third kappa shape index (κ3) is 5.42. The SMILES string of the molecule is C=C(C)NC(=C)CCCC. The third-order valence-electron chi connectivity index (χ3n) is 1.22. The second-order valence-electron chi connectivity index (χ2n) is 2.61. The average molecular weight is 139 g/mol. The van der Waals surface area contributed by atoms with E-state index in [0.717, 1.165) is 17.8 Å². The molecule has 0 heterocycles. The molecule has 1 N–H and O–H groups in total. The first-order valence-electron chi connectivity index (χ1n) is 3.77. The quantitative estimate of drug-likeness (QED) is 0.617. The van der Waals surface area contributed by atoms with Gasteiger partial charge in [-0.05, 0) is 19.8 Å². The molecule has 0 spiro atoms. The summed E-state index contributed by atoms with van der Waals surface area (Å²) >= 11 is 0. The molecule has 0 fully saturated rings. The highest BCUT2D eigenvalue weighted by Crippen LogP contribution is 2.02. The monoisotopic (exact) mass is 139 g/mol. The van der Waals surface area contributed by atoms with E-state index in [9.17, 15) is 0 Å². The van der Waals surface area contributed by atoms with Gasteiger partial charge in [-0.25, -0.2) is 0 Å². The van der Waals surface area contributed by atoms with Crippen LogP contribution in [-0.2, 0) is 0 Å². The summed E-state index contributed by atoms with van der Waals surface area (Å²) in [6.07, 6.45) is 3.49. The fourth-order valence-electron chi connectivity index (χ4n) is 0.754. The van der Waals surface area contributed by atoms with E-state index in [4.69, 9.17) is 0 Å². The van der Waals surface area contributed by atoms with E-state index in [1.165, 1.54) is 12.8 Å². The first-order chi connectivity index (χ1) is 4.66. The highest BCUT2D eigenvalue weighted by Gasteiger charge is 1.90. The molecular weight excluding hydrogens is 122 g/mol.